The number of nitrogens with one attached hydrogen (secondary N) is 3. The summed E-state index contributed by atoms with van der Waals surface area (Å²) in [5.74, 6) is -0.437. The number of aromatic nitrogens is 2. The third-order valence-electron chi connectivity index (χ3n) is 10.6. The normalized spacial score (nSPS) is 30.5. The molecule has 8 atom stereocenters. The van der Waals surface area contributed by atoms with Gasteiger partial charge in [-0.1, -0.05) is 34.6 Å². The largest absolute Gasteiger partial charge is 0.465 e. The molecule has 304 valence electrons. The van der Waals surface area contributed by atoms with Gasteiger partial charge in [-0.3, -0.25) is 19.6 Å². The van der Waals surface area contributed by atoms with Gasteiger partial charge in [0, 0.05) is 19.5 Å². The zero-order chi connectivity index (χ0) is 39.6. The summed E-state index contributed by atoms with van der Waals surface area (Å²) < 4.78 is 45.1. The summed E-state index contributed by atoms with van der Waals surface area (Å²) in [5, 5.41) is 38.0. The van der Waals surface area contributed by atoms with Gasteiger partial charge in [-0.2, -0.15) is 0 Å². The van der Waals surface area contributed by atoms with E-state index in [2.05, 4.69) is 20.1 Å². The van der Waals surface area contributed by atoms with Crippen LogP contribution in [0.1, 0.15) is 104 Å². The van der Waals surface area contributed by atoms with Crippen molar-refractivity contribution in [3.63, 3.8) is 0 Å². The predicted molar refractivity (Wildman–Crippen MR) is 199 cm³/mol. The molecule has 5 rings (SSSR count). The molecule has 0 aromatic carbocycles. The number of imidazole rings is 1. The van der Waals surface area contributed by atoms with Crippen LogP contribution in [0.5, 0.6) is 0 Å². The van der Waals surface area contributed by atoms with Gasteiger partial charge in [-0.25, -0.2) is 20.2 Å². The number of ether oxygens (including phenoxy) is 4. The summed E-state index contributed by atoms with van der Waals surface area (Å²) >= 11 is 0. The summed E-state index contributed by atoms with van der Waals surface area (Å²) in [4.78, 5) is 37.6. The minimum Gasteiger partial charge on any atom is -0.465 e. The highest BCUT2D eigenvalue weighted by molar-refractivity contribution is 7.54. The van der Waals surface area contributed by atoms with Crippen molar-refractivity contribution >= 4 is 31.3 Å². The number of carbonyl (C=O) groups is 2. The standard InChI is InChI=1S/C36H60N7O10P/c1-9-50-32(45)24(17-21(3)4)40-54(48,41-25(18-22(5)6)33(46)51-10-2)52-19-26-30(44)36(47)34(35(36,8)53-26)43-20-38-28-29(43)23(7)11-12-27(37)39-31(28)42-13-15-49-16-14-42/h20-26,30,34,37,44,47H,9-19H2,1-8H3,(H2,40,41,48). The topological polar surface area (TPSA) is 219 Å². The van der Waals surface area contributed by atoms with E-state index < -0.39 is 67.8 Å². The molecule has 1 saturated carbocycles. The van der Waals surface area contributed by atoms with Crippen LogP contribution < -0.4 is 10.2 Å². The first-order valence-electron chi connectivity index (χ1n) is 19.3. The number of fused-ring (bicyclic) bond motifs is 2. The van der Waals surface area contributed by atoms with E-state index in [1.807, 2.05) is 39.2 Å². The second-order valence-electron chi connectivity index (χ2n) is 15.7. The molecule has 2 saturated heterocycles. The second-order valence-corrected chi connectivity index (χ2v) is 17.6. The molecule has 17 nitrogen and oxygen atoms in total. The number of rotatable bonds is 16. The number of aliphatic hydroxyl groups is 2. The molecule has 8 unspecified atom stereocenters. The minimum absolute atomic E-state index is 0.00351. The van der Waals surface area contributed by atoms with E-state index >= 15 is 0 Å². The maximum absolute atomic E-state index is 14.7. The van der Waals surface area contributed by atoms with Crippen molar-refractivity contribution in [2.24, 2.45) is 16.8 Å². The van der Waals surface area contributed by atoms with Crippen LogP contribution in [0, 0.1) is 17.2 Å². The minimum atomic E-state index is -4.28. The number of hydrogen-bond acceptors (Lipinski definition) is 13. The number of morpholine rings is 1. The summed E-state index contributed by atoms with van der Waals surface area (Å²) in [6.45, 7) is 16.8. The van der Waals surface area contributed by atoms with Gasteiger partial charge in [-0.05, 0) is 57.8 Å². The zero-order valence-electron chi connectivity index (χ0n) is 32.9. The number of esters is 2. The maximum Gasteiger partial charge on any atom is 0.342 e. The van der Waals surface area contributed by atoms with E-state index in [1.165, 1.54) is 0 Å². The van der Waals surface area contributed by atoms with Gasteiger partial charge in [0.25, 0.3) is 0 Å². The first kappa shape index (κ1) is 42.4. The zero-order valence-corrected chi connectivity index (χ0v) is 33.8. The molecule has 3 fully saturated rings. The average molecular weight is 782 g/mol. The van der Waals surface area contributed by atoms with Crippen molar-refractivity contribution in [1.29, 1.82) is 5.41 Å². The quantitative estimate of drug-likeness (QED) is 0.120. The third-order valence-corrected chi connectivity index (χ3v) is 12.4. The van der Waals surface area contributed by atoms with Crippen molar-refractivity contribution in [1.82, 2.24) is 24.6 Å². The molecule has 1 aromatic heterocycles. The molecule has 1 aliphatic carbocycles. The molecule has 1 aromatic rings. The highest BCUT2D eigenvalue weighted by atomic mass is 31.2. The average Bonchev–Trinajstić information content (AvgIpc) is 3.31. The van der Waals surface area contributed by atoms with Crippen LogP contribution in [-0.2, 0) is 37.6 Å². The highest BCUT2D eigenvalue weighted by Crippen LogP contribution is 2.68. The molecular formula is C36H60N7O10P. The molecule has 18 heteroatoms. The molecule has 4 aliphatic rings. The fraction of sp³-hybridized carbons (Fsp3) is 0.806. The second kappa shape index (κ2) is 17.2. The first-order valence-corrected chi connectivity index (χ1v) is 20.9. The Hall–Kier alpha value is -2.76. The van der Waals surface area contributed by atoms with Gasteiger partial charge >= 0.3 is 19.6 Å². The van der Waals surface area contributed by atoms with E-state index in [0.717, 1.165) is 5.69 Å². The molecule has 0 bridgehead atoms. The Bertz CT molecular complexity index is 1560. The van der Waals surface area contributed by atoms with E-state index in [4.69, 9.17) is 33.9 Å². The van der Waals surface area contributed by atoms with Crippen molar-refractivity contribution in [3.05, 3.63) is 17.7 Å². The summed E-state index contributed by atoms with van der Waals surface area (Å²) in [5.41, 5.74) is -1.59. The number of hydrogen-bond donors (Lipinski definition) is 5. The van der Waals surface area contributed by atoms with Crippen molar-refractivity contribution in [2.75, 3.05) is 46.1 Å². The Balaban J connectivity index is 1.40. The number of amidine groups is 2. The van der Waals surface area contributed by atoms with Crippen LogP contribution in [-0.4, -0.2) is 130 Å². The van der Waals surface area contributed by atoms with E-state index in [-0.39, 0.29) is 49.6 Å². The van der Waals surface area contributed by atoms with Crippen LogP contribution in [0.3, 0.4) is 0 Å². The Kier molecular flexibility index (Phi) is 13.5. The van der Waals surface area contributed by atoms with Gasteiger partial charge in [0.2, 0.25) is 0 Å². The lowest BCUT2D eigenvalue weighted by Crippen LogP contribution is -2.46. The fourth-order valence-corrected chi connectivity index (χ4v) is 9.77. The van der Waals surface area contributed by atoms with Gasteiger partial charge < -0.3 is 43.2 Å². The van der Waals surface area contributed by atoms with Crippen LogP contribution in [0.2, 0.25) is 0 Å². The molecular weight excluding hydrogens is 721 g/mol. The molecule has 4 heterocycles. The van der Waals surface area contributed by atoms with Crippen LogP contribution in [0.25, 0.3) is 0 Å². The van der Waals surface area contributed by atoms with Crippen LogP contribution >= 0.6 is 7.67 Å². The smallest absolute Gasteiger partial charge is 0.342 e. The Morgan fingerprint density at radius 2 is 1.65 bits per heavy atom. The number of aliphatic imine (C=N–C) groups is 1. The maximum atomic E-state index is 14.7. The van der Waals surface area contributed by atoms with Crippen LogP contribution in [0.15, 0.2) is 11.3 Å². The number of aliphatic hydroxyl groups excluding tert-OH is 1. The Morgan fingerprint density at radius 1 is 1.07 bits per heavy atom. The molecule has 54 heavy (non-hydrogen) atoms. The van der Waals surface area contributed by atoms with Gasteiger partial charge in [0.05, 0.1) is 45.1 Å². The van der Waals surface area contributed by atoms with E-state index in [0.29, 0.717) is 50.7 Å². The van der Waals surface area contributed by atoms with Crippen molar-refractivity contribution in [3.8, 4) is 0 Å². The van der Waals surface area contributed by atoms with E-state index in [9.17, 15) is 24.4 Å². The molecule has 5 N–H and O–H groups in total. The molecule has 0 radical (unpaired) electrons. The summed E-state index contributed by atoms with van der Waals surface area (Å²) in [6, 6.07) is -2.81. The van der Waals surface area contributed by atoms with Gasteiger partial charge in [-0.15, -0.1) is 0 Å². The lowest BCUT2D eigenvalue weighted by molar-refractivity contribution is -0.146. The summed E-state index contributed by atoms with van der Waals surface area (Å²) in [6.07, 6.45) is 0.663. The number of nitrogens with zero attached hydrogens (tertiary/aromatic N) is 4. The van der Waals surface area contributed by atoms with Gasteiger partial charge in [0.1, 0.15) is 53.1 Å². The van der Waals surface area contributed by atoms with Crippen molar-refractivity contribution in [2.45, 2.75) is 129 Å². The Labute approximate surface area is 317 Å². The predicted octanol–water partition coefficient (Wildman–Crippen LogP) is 2.90. The number of carbonyl (C=O) groups excluding carboxylic acids is 2. The lowest BCUT2D eigenvalue weighted by Gasteiger charge is -2.32. The van der Waals surface area contributed by atoms with E-state index in [1.54, 1.807) is 27.1 Å². The monoisotopic (exact) mass is 781 g/mol. The lowest BCUT2D eigenvalue weighted by atomic mass is 9.97. The summed E-state index contributed by atoms with van der Waals surface area (Å²) in [7, 11) is -4.28. The fourth-order valence-electron chi connectivity index (χ4n) is 7.95. The Morgan fingerprint density at radius 3 is 2.15 bits per heavy atom. The van der Waals surface area contributed by atoms with Gasteiger partial charge in [0.15, 0.2) is 5.84 Å². The SMILES string of the molecule is CCOC(=O)C(CC(C)C)NP(=O)(NC(CC(C)C)C(=O)OCC)OCC1OC2(C)C(n3cnc4c3C(C)CCC(=N)N=C4N3CCOCC3)C2(O)C1O. The third kappa shape index (κ3) is 8.63. The molecule has 0 spiro atoms. The van der Waals surface area contributed by atoms with Crippen molar-refractivity contribution < 1.29 is 47.8 Å². The molecule has 0 amide bonds. The van der Waals surface area contributed by atoms with Crippen LogP contribution in [0.4, 0.5) is 0 Å². The molecule has 3 aliphatic heterocycles. The first-order chi connectivity index (χ1) is 25.5. The highest BCUT2D eigenvalue weighted by Gasteiger charge is 2.85.